The van der Waals surface area contributed by atoms with Gasteiger partial charge in [-0.15, -0.1) is 0 Å². The number of methoxy groups -OCH3 is 1. The highest BCUT2D eigenvalue weighted by Gasteiger charge is 2.33. The van der Waals surface area contributed by atoms with E-state index in [0.717, 1.165) is 52.6 Å². The van der Waals surface area contributed by atoms with Gasteiger partial charge < -0.3 is 9.64 Å². The molecule has 0 fully saturated rings. The zero-order chi connectivity index (χ0) is 24.2. The lowest BCUT2D eigenvalue weighted by Gasteiger charge is -2.32. The summed E-state index contributed by atoms with van der Waals surface area (Å²) in [6.07, 6.45) is 3.46. The molecule has 0 saturated heterocycles. The summed E-state index contributed by atoms with van der Waals surface area (Å²) in [4.78, 5) is 20.3. The lowest BCUT2D eigenvalue weighted by atomic mass is 9.96. The Bertz CT molecular complexity index is 1380. The van der Waals surface area contributed by atoms with Gasteiger partial charge >= 0.3 is 0 Å². The van der Waals surface area contributed by atoms with Crippen molar-refractivity contribution in [2.24, 2.45) is 7.05 Å². The number of thiophene rings is 1. The molecule has 8 heteroatoms. The molecule has 176 valence electrons. The molecule has 0 unspecified atom stereocenters. The molecule has 1 aliphatic rings. The average molecular weight is 476 g/mol. The second-order valence-electron chi connectivity index (χ2n) is 9.67. The Morgan fingerprint density at radius 3 is 2.62 bits per heavy atom. The van der Waals surface area contributed by atoms with Gasteiger partial charge in [0.25, 0.3) is 5.91 Å². The molecule has 0 bridgehead atoms. The Balaban J connectivity index is 1.75. The van der Waals surface area contributed by atoms with Gasteiger partial charge in [0.2, 0.25) is 0 Å². The van der Waals surface area contributed by atoms with Crippen molar-refractivity contribution in [2.45, 2.75) is 39.2 Å². The molecule has 1 amide bonds. The third kappa shape index (κ3) is 3.62. The molecule has 4 heterocycles. The molecule has 0 saturated carbocycles. The van der Waals surface area contributed by atoms with Crippen molar-refractivity contribution < 1.29 is 9.53 Å². The first kappa shape index (κ1) is 22.4. The molecule has 0 atom stereocenters. The number of aromatic nitrogens is 4. The molecule has 5 rings (SSSR count). The van der Waals surface area contributed by atoms with Gasteiger partial charge in [-0.05, 0) is 68.8 Å². The van der Waals surface area contributed by atoms with Crippen molar-refractivity contribution in [2.75, 3.05) is 14.2 Å². The number of rotatable bonds is 4. The number of amides is 1. The van der Waals surface area contributed by atoms with Gasteiger partial charge in [0.15, 0.2) is 5.69 Å². The van der Waals surface area contributed by atoms with E-state index in [9.17, 15) is 4.79 Å². The molecule has 7 nitrogen and oxygen atoms in total. The van der Waals surface area contributed by atoms with Gasteiger partial charge in [-0.3, -0.25) is 14.0 Å². The van der Waals surface area contributed by atoms with Gasteiger partial charge in [-0.2, -0.15) is 16.4 Å². The second kappa shape index (κ2) is 8.13. The van der Waals surface area contributed by atoms with Crippen LogP contribution in [-0.2, 0) is 19.9 Å². The number of carbonyl (C=O) groups excluding carboxylic acids is 1. The highest BCUT2D eigenvalue weighted by Crippen LogP contribution is 2.40. The van der Waals surface area contributed by atoms with E-state index in [1.165, 1.54) is 5.56 Å². The maximum atomic E-state index is 13.6. The summed E-state index contributed by atoms with van der Waals surface area (Å²) in [6.45, 7) is 6.11. The largest absolute Gasteiger partial charge is 0.496 e. The standard InChI is InChI=1S/C26H29N5O2S/c1-26(2,3)30(5)25(32)23-20-8-7-16-13-22(33-6)18(19-9-11-29(4)28-19)14-21(16)31(20)24(27-23)17-10-12-34-15-17/h9-15H,7-8H2,1-6H3. The summed E-state index contributed by atoms with van der Waals surface area (Å²) in [5, 5.41) is 8.72. The number of benzene rings is 1. The molecular formula is C26H29N5O2S. The van der Waals surface area contributed by atoms with Gasteiger partial charge in [0.05, 0.1) is 24.2 Å². The van der Waals surface area contributed by atoms with Gasteiger partial charge in [0.1, 0.15) is 11.6 Å². The van der Waals surface area contributed by atoms with Crippen molar-refractivity contribution in [3.05, 3.63) is 58.2 Å². The van der Waals surface area contributed by atoms with Gasteiger partial charge in [-0.1, -0.05) is 0 Å². The zero-order valence-electron chi connectivity index (χ0n) is 20.4. The fourth-order valence-corrected chi connectivity index (χ4v) is 5.00. The van der Waals surface area contributed by atoms with Crippen LogP contribution < -0.4 is 4.74 Å². The van der Waals surface area contributed by atoms with Crippen molar-refractivity contribution in [3.8, 4) is 34.1 Å². The van der Waals surface area contributed by atoms with Crippen LogP contribution in [0.15, 0.2) is 41.2 Å². The first-order valence-corrected chi connectivity index (χ1v) is 12.3. The maximum Gasteiger partial charge on any atom is 0.274 e. The van der Waals surface area contributed by atoms with Crippen molar-refractivity contribution in [3.63, 3.8) is 0 Å². The monoisotopic (exact) mass is 475 g/mol. The van der Waals surface area contributed by atoms with Crippen LogP contribution >= 0.6 is 11.3 Å². The van der Waals surface area contributed by atoms with E-state index in [1.807, 2.05) is 52.5 Å². The molecular weight excluding hydrogens is 446 g/mol. The molecule has 34 heavy (non-hydrogen) atoms. The summed E-state index contributed by atoms with van der Waals surface area (Å²) >= 11 is 1.62. The number of fused-ring (bicyclic) bond motifs is 3. The van der Waals surface area contributed by atoms with Crippen LogP contribution in [0.5, 0.6) is 5.75 Å². The number of hydrogen-bond donors (Lipinski definition) is 0. The first-order chi connectivity index (χ1) is 16.2. The van der Waals surface area contributed by atoms with Crippen LogP contribution in [0.2, 0.25) is 0 Å². The smallest absolute Gasteiger partial charge is 0.274 e. The molecule has 0 aliphatic carbocycles. The third-order valence-electron chi connectivity index (χ3n) is 6.53. The Morgan fingerprint density at radius 2 is 2.00 bits per heavy atom. The number of imidazole rings is 1. The van der Waals surface area contributed by atoms with Crippen LogP contribution in [-0.4, -0.2) is 49.8 Å². The zero-order valence-corrected chi connectivity index (χ0v) is 21.2. The summed E-state index contributed by atoms with van der Waals surface area (Å²) < 4.78 is 9.69. The van der Waals surface area contributed by atoms with Crippen LogP contribution in [0.3, 0.4) is 0 Å². The average Bonchev–Trinajstić information content (AvgIpc) is 3.55. The lowest BCUT2D eigenvalue weighted by molar-refractivity contribution is 0.0649. The third-order valence-corrected chi connectivity index (χ3v) is 7.21. The minimum atomic E-state index is -0.303. The molecule has 1 aromatic carbocycles. The Labute approximate surface area is 203 Å². The van der Waals surface area contributed by atoms with E-state index in [4.69, 9.17) is 9.72 Å². The maximum absolute atomic E-state index is 13.6. The quantitative estimate of drug-likeness (QED) is 0.418. The summed E-state index contributed by atoms with van der Waals surface area (Å²) in [7, 11) is 5.44. The van der Waals surface area contributed by atoms with Crippen molar-refractivity contribution in [1.29, 1.82) is 0 Å². The minimum absolute atomic E-state index is 0.0559. The van der Waals surface area contributed by atoms with E-state index in [2.05, 4.69) is 33.2 Å². The fraction of sp³-hybridized carbons (Fsp3) is 0.346. The van der Waals surface area contributed by atoms with Crippen molar-refractivity contribution in [1.82, 2.24) is 24.2 Å². The van der Waals surface area contributed by atoms with E-state index in [1.54, 1.807) is 28.0 Å². The minimum Gasteiger partial charge on any atom is -0.496 e. The Kier molecular flexibility index (Phi) is 5.36. The number of ether oxygens (including phenoxy) is 1. The predicted molar refractivity (Wildman–Crippen MR) is 135 cm³/mol. The van der Waals surface area contributed by atoms with E-state index >= 15 is 0 Å². The van der Waals surface area contributed by atoms with Crippen LogP contribution in [0.25, 0.3) is 28.3 Å². The first-order valence-electron chi connectivity index (χ1n) is 11.3. The number of carbonyl (C=O) groups is 1. The molecule has 0 spiro atoms. The predicted octanol–water partition coefficient (Wildman–Crippen LogP) is 4.98. The molecule has 1 aliphatic heterocycles. The normalized spacial score (nSPS) is 12.9. The van der Waals surface area contributed by atoms with Crippen LogP contribution in [0, 0.1) is 0 Å². The second-order valence-corrected chi connectivity index (χ2v) is 10.4. The highest BCUT2D eigenvalue weighted by molar-refractivity contribution is 7.08. The number of nitrogens with zero attached hydrogens (tertiary/aromatic N) is 5. The molecule has 4 aromatic rings. The highest BCUT2D eigenvalue weighted by atomic mass is 32.1. The summed E-state index contributed by atoms with van der Waals surface area (Å²) in [6, 6.07) is 8.26. The van der Waals surface area contributed by atoms with E-state index in [-0.39, 0.29) is 11.4 Å². The SMILES string of the molecule is COc1cc2c(cc1-c1ccn(C)n1)-n1c(-c3ccsc3)nc(C(=O)N(C)C(C)(C)C)c1CC2. The molecule has 0 N–H and O–H groups in total. The van der Waals surface area contributed by atoms with Gasteiger partial charge in [0, 0.05) is 42.3 Å². The summed E-state index contributed by atoms with van der Waals surface area (Å²) in [5.41, 5.74) is 6.13. The molecule has 0 radical (unpaired) electrons. The molecule has 3 aromatic heterocycles. The van der Waals surface area contributed by atoms with Crippen LogP contribution in [0.1, 0.15) is 42.5 Å². The number of aryl methyl sites for hydroxylation is 2. The lowest BCUT2D eigenvalue weighted by Crippen LogP contribution is -2.43. The fourth-order valence-electron chi connectivity index (χ4n) is 4.36. The Morgan fingerprint density at radius 1 is 1.21 bits per heavy atom. The topological polar surface area (TPSA) is 65.2 Å². The van der Waals surface area contributed by atoms with E-state index in [0.29, 0.717) is 5.69 Å². The van der Waals surface area contributed by atoms with Crippen molar-refractivity contribution >= 4 is 17.2 Å². The van der Waals surface area contributed by atoms with Gasteiger partial charge in [-0.25, -0.2) is 4.98 Å². The summed E-state index contributed by atoms with van der Waals surface area (Å²) in [5.74, 6) is 1.53. The Hall–Kier alpha value is -3.39. The van der Waals surface area contributed by atoms with Crippen LogP contribution in [0.4, 0.5) is 0 Å². The number of hydrogen-bond acceptors (Lipinski definition) is 5. The van der Waals surface area contributed by atoms with E-state index < -0.39 is 0 Å².